The number of aromatic nitrogens is 2. The highest BCUT2D eigenvalue weighted by Gasteiger charge is 2.36. The molecule has 2 unspecified atom stereocenters. The summed E-state index contributed by atoms with van der Waals surface area (Å²) in [6.45, 7) is 2.94. The highest BCUT2D eigenvalue weighted by molar-refractivity contribution is 5.96. The van der Waals surface area contributed by atoms with E-state index in [2.05, 4.69) is 15.7 Å². The van der Waals surface area contributed by atoms with Crippen LogP contribution in [0.1, 0.15) is 62.4 Å². The monoisotopic (exact) mass is 623 g/mol. The Morgan fingerprint density at radius 1 is 0.978 bits per heavy atom. The number of para-hydroxylation sites is 1. The van der Waals surface area contributed by atoms with Crippen LogP contribution in [0.4, 0.5) is 4.79 Å². The summed E-state index contributed by atoms with van der Waals surface area (Å²) in [6, 6.07) is 9.29. The fourth-order valence-corrected chi connectivity index (χ4v) is 5.86. The van der Waals surface area contributed by atoms with Crippen LogP contribution in [0.15, 0.2) is 36.4 Å². The van der Waals surface area contributed by atoms with Crippen LogP contribution < -0.4 is 15.4 Å². The first-order valence-electron chi connectivity index (χ1n) is 15.7. The zero-order valence-corrected chi connectivity index (χ0v) is 25.5. The summed E-state index contributed by atoms with van der Waals surface area (Å²) in [7, 11) is 0. The minimum atomic E-state index is -1.02. The average molecular weight is 624 g/mol. The Kier molecular flexibility index (Phi) is 10.2. The highest BCUT2D eigenvalue weighted by Crippen LogP contribution is 2.24. The first-order valence-corrected chi connectivity index (χ1v) is 15.7. The molecule has 3 fully saturated rings. The summed E-state index contributed by atoms with van der Waals surface area (Å²) in [5, 5.41) is 19.5. The minimum absolute atomic E-state index is 0.00447. The number of carboxylic acid groups (broad SMARTS) is 1. The van der Waals surface area contributed by atoms with E-state index < -0.39 is 24.1 Å². The number of likely N-dealkylation sites (tertiary alicyclic amines) is 1. The van der Waals surface area contributed by atoms with Gasteiger partial charge in [0.05, 0.1) is 5.69 Å². The second-order valence-corrected chi connectivity index (χ2v) is 11.7. The Balaban J connectivity index is 1.27. The van der Waals surface area contributed by atoms with E-state index >= 15 is 0 Å². The van der Waals surface area contributed by atoms with E-state index in [9.17, 15) is 29.1 Å². The van der Waals surface area contributed by atoms with E-state index in [0.29, 0.717) is 31.5 Å². The van der Waals surface area contributed by atoms with Crippen LogP contribution >= 0.6 is 0 Å². The Bertz CT molecular complexity index is 1390. The molecule has 45 heavy (non-hydrogen) atoms. The average Bonchev–Trinajstić information content (AvgIpc) is 3.70. The Morgan fingerprint density at radius 2 is 1.69 bits per heavy atom. The lowest BCUT2D eigenvalue weighted by Crippen LogP contribution is -2.55. The van der Waals surface area contributed by atoms with Crippen molar-refractivity contribution >= 4 is 29.7 Å². The number of piperazine rings is 1. The van der Waals surface area contributed by atoms with Crippen LogP contribution in [0.2, 0.25) is 0 Å². The molecule has 3 N–H and O–H groups in total. The minimum Gasteiger partial charge on any atom is -0.467 e. The molecule has 2 aromatic rings. The molecule has 2 saturated heterocycles. The lowest BCUT2D eigenvalue weighted by atomic mass is 9.93. The molecule has 1 aromatic carbocycles. The summed E-state index contributed by atoms with van der Waals surface area (Å²) < 4.78 is 7.36. The molecular weight excluding hydrogens is 582 g/mol. The zero-order chi connectivity index (χ0) is 31.9. The summed E-state index contributed by atoms with van der Waals surface area (Å²) >= 11 is 0. The van der Waals surface area contributed by atoms with Crippen molar-refractivity contribution in [3.8, 4) is 11.6 Å². The fourth-order valence-electron chi connectivity index (χ4n) is 5.86. The zero-order valence-electron chi connectivity index (χ0n) is 25.5. The molecule has 0 spiro atoms. The van der Waals surface area contributed by atoms with Crippen LogP contribution in [-0.2, 0) is 14.4 Å². The molecule has 14 nitrogen and oxygen atoms in total. The quantitative estimate of drug-likeness (QED) is 0.340. The number of amides is 5. The van der Waals surface area contributed by atoms with Gasteiger partial charge in [-0.05, 0) is 50.7 Å². The van der Waals surface area contributed by atoms with Crippen LogP contribution in [0, 0.1) is 0 Å². The second-order valence-electron chi connectivity index (χ2n) is 11.7. The maximum Gasteiger partial charge on any atom is 0.407 e. The van der Waals surface area contributed by atoms with Crippen LogP contribution in [-0.4, -0.2) is 117 Å². The molecule has 3 heterocycles. The molecule has 14 heteroatoms. The maximum atomic E-state index is 13.4. The van der Waals surface area contributed by atoms with Crippen molar-refractivity contribution in [2.45, 2.75) is 70.0 Å². The highest BCUT2D eigenvalue weighted by atomic mass is 16.5. The number of rotatable bonds is 11. The standard InChI is InChI=1S/C31H41N7O7/c1-2-8-23(30(42)35-15-17-36(18-16-35)31(43)44)33-28(40)24-19-27(38(34-24)22-11-4-3-5-12-22)45-20-26(39)37-14-7-13-25(37)29(41)32-21-9-6-10-21/h3-5,11-12,19,21,23,25H,2,6-10,13-18,20H2,1H3,(H,32,41)(H,33,40)(H,43,44). The molecule has 0 radical (unpaired) electrons. The third-order valence-corrected chi connectivity index (χ3v) is 8.62. The van der Waals surface area contributed by atoms with E-state index in [1.807, 2.05) is 13.0 Å². The first kappa shape index (κ1) is 31.8. The third-order valence-electron chi connectivity index (χ3n) is 8.62. The summed E-state index contributed by atoms with van der Waals surface area (Å²) in [6.07, 6.45) is 4.37. The molecule has 2 aliphatic heterocycles. The van der Waals surface area contributed by atoms with Gasteiger partial charge >= 0.3 is 6.09 Å². The fraction of sp³-hybridized carbons (Fsp3) is 0.548. The molecule has 2 atom stereocenters. The number of nitrogens with one attached hydrogen (secondary N) is 2. The molecule has 5 rings (SSSR count). The van der Waals surface area contributed by atoms with E-state index in [1.165, 1.54) is 15.6 Å². The molecule has 242 valence electrons. The predicted molar refractivity (Wildman–Crippen MR) is 162 cm³/mol. The lowest BCUT2D eigenvalue weighted by molar-refractivity contribution is -0.140. The van der Waals surface area contributed by atoms with Crippen LogP contribution in [0.5, 0.6) is 5.88 Å². The van der Waals surface area contributed by atoms with Gasteiger partial charge in [0.1, 0.15) is 12.1 Å². The maximum absolute atomic E-state index is 13.4. The van der Waals surface area contributed by atoms with Gasteiger partial charge in [-0.3, -0.25) is 19.2 Å². The number of benzene rings is 1. The van der Waals surface area contributed by atoms with E-state index in [1.54, 1.807) is 34.1 Å². The van der Waals surface area contributed by atoms with Gasteiger partial charge in [0, 0.05) is 44.8 Å². The van der Waals surface area contributed by atoms with Gasteiger partial charge in [-0.2, -0.15) is 5.10 Å². The van der Waals surface area contributed by atoms with Gasteiger partial charge in [-0.1, -0.05) is 31.5 Å². The number of hydrogen-bond donors (Lipinski definition) is 3. The summed E-state index contributed by atoms with van der Waals surface area (Å²) in [5.41, 5.74) is 0.611. The van der Waals surface area contributed by atoms with Gasteiger partial charge in [0.15, 0.2) is 12.3 Å². The Morgan fingerprint density at radius 3 is 2.33 bits per heavy atom. The van der Waals surface area contributed by atoms with Crippen molar-refractivity contribution in [2.24, 2.45) is 0 Å². The number of hydrogen-bond acceptors (Lipinski definition) is 7. The van der Waals surface area contributed by atoms with Crippen molar-refractivity contribution < 1.29 is 33.8 Å². The topological polar surface area (TPSA) is 166 Å². The number of carbonyl (C=O) groups is 5. The SMILES string of the molecule is CCCC(NC(=O)c1cc(OCC(=O)N2CCCC2C(=O)NC2CCC2)n(-c2ccccc2)n1)C(=O)N1CCN(C(=O)O)CC1. The van der Waals surface area contributed by atoms with Crippen molar-refractivity contribution in [1.29, 1.82) is 0 Å². The molecule has 3 aliphatic rings. The van der Waals surface area contributed by atoms with Gasteiger partial charge in [-0.15, -0.1) is 0 Å². The van der Waals surface area contributed by atoms with Crippen molar-refractivity contribution in [3.05, 3.63) is 42.1 Å². The van der Waals surface area contributed by atoms with E-state index in [0.717, 1.165) is 25.7 Å². The molecule has 5 amide bonds. The summed E-state index contributed by atoms with van der Waals surface area (Å²) in [4.78, 5) is 68.4. The van der Waals surface area contributed by atoms with Gasteiger partial charge in [-0.25, -0.2) is 9.48 Å². The number of nitrogens with zero attached hydrogens (tertiary/aromatic N) is 5. The molecular formula is C31H41N7O7. The van der Waals surface area contributed by atoms with Crippen LogP contribution in [0.25, 0.3) is 5.69 Å². The first-order chi connectivity index (χ1) is 21.7. The van der Waals surface area contributed by atoms with Crippen molar-refractivity contribution in [1.82, 2.24) is 35.1 Å². The second kappa shape index (κ2) is 14.4. The molecule has 0 bridgehead atoms. The van der Waals surface area contributed by atoms with Gasteiger partial charge in [0.25, 0.3) is 11.8 Å². The Labute approximate surface area is 261 Å². The molecule has 1 saturated carbocycles. The van der Waals surface area contributed by atoms with Gasteiger partial charge < -0.3 is 35.2 Å². The van der Waals surface area contributed by atoms with Crippen LogP contribution in [0.3, 0.4) is 0 Å². The lowest BCUT2D eigenvalue weighted by Gasteiger charge is -2.35. The summed E-state index contributed by atoms with van der Waals surface area (Å²) in [5.74, 6) is -1.15. The smallest absolute Gasteiger partial charge is 0.407 e. The van der Waals surface area contributed by atoms with Crippen molar-refractivity contribution in [3.63, 3.8) is 0 Å². The van der Waals surface area contributed by atoms with Crippen molar-refractivity contribution in [2.75, 3.05) is 39.3 Å². The molecule has 1 aliphatic carbocycles. The van der Waals surface area contributed by atoms with E-state index in [4.69, 9.17) is 4.74 Å². The van der Waals surface area contributed by atoms with E-state index in [-0.39, 0.29) is 68.1 Å². The number of ether oxygens (including phenoxy) is 1. The predicted octanol–water partition coefficient (Wildman–Crippen LogP) is 1.63. The Hall–Kier alpha value is -4.62. The largest absolute Gasteiger partial charge is 0.467 e. The third kappa shape index (κ3) is 7.55. The molecule has 1 aromatic heterocycles. The van der Waals surface area contributed by atoms with Gasteiger partial charge in [0.2, 0.25) is 17.7 Å². The number of carbonyl (C=O) groups excluding carboxylic acids is 4. The normalized spacial score (nSPS) is 19.0.